The van der Waals surface area contributed by atoms with Crippen molar-refractivity contribution in [3.8, 4) is 33.9 Å². The van der Waals surface area contributed by atoms with Crippen LogP contribution in [0.4, 0.5) is 0 Å². The average molecular weight is 803 g/mol. The molecular weight excluding hydrogens is 769 g/mol. The molecule has 0 unspecified atom stereocenters. The molecule has 0 aliphatic heterocycles. The maximum absolute atomic E-state index is 6.21. The number of para-hydroxylation sites is 5. The van der Waals surface area contributed by atoms with Crippen LogP contribution in [0, 0.1) is 0 Å². The second-order valence-corrected chi connectivity index (χ2v) is 16.5. The molecule has 14 aromatic rings. The molecule has 0 saturated carbocycles. The van der Waals surface area contributed by atoms with Crippen molar-refractivity contribution in [2.24, 2.45) is 0 Å². The van der Waals surface area contributed by atoms with Gasteiger partial charge in [-0.1, -0.05) is 140 Å². The molecule has 0 saturated heterocycles. The van der Waals surface area contributed by atoms with Gasteiger partial charge in [0.05, 0.1) is 50.2 Å². The van der Waals surface area contributed by atoms with Gasteiger partial charge >= 0.3 is 0 Å². The maximum atomic E-state index is 6.21. The van der Waals surface area contributed by atoms with E-state index in [0.29, 0.717) is 0 Å². The summed E-state index contributed by atoms with van der Waals surface area (Å²) in [4.78, 5) is 10.6. The zero-order valence-electron chi connectivity index (χ0n) is 33.8. The van der Waals surface area contributed by atoms with Crippen LogP contribution in [0.15, 0.2) is 211 Å². The van der Waals surface area contributed by atoms with Crippen molar-refractivity contribution in [3.05, 3.63) is 206 Å². The number of furan rings is 1. The van der Waals surface area contributed by atoms with E-state index in [9.17, 15) is 0 Å². The van der Waals surface area contributed by atoms with Crippen molar-refractivity contribution in [1.82, 2.24) is 19.1 Å². The summed E-state index contributed by atoms with van der Waals surface area (Å²) >= 11 is 0. The van der Waals surface area contributed by atoms with Gasteiger partial charge in [0, 0.05) is 59.9 Å². The van der Waals surface area contributed by atoms with Crippen molar-refractivity contribution in [2.75, 3.05) is 0 Å². The fourth-order valence-electron chi connectivity index (χ4n) is 10.3. The van der Waals surface area contributed by atoms with Crippen LogP contribution in [0.2, 0.25) is 0 Å². The van der Waals surface area contributed by atoms with Crippen LogP contribution < -0.4 is 0 Å². The van der Waals surface area contributed by atoms with E-state index in [-0.39, 0.29) is 0 Å². The van der Waals surface area contributed by atoms with Crippen molar-refractivity contribution in [3.63, 3.8) is 0 Å². The summed E-state index contributed by atoms with van der Waals surface area (Å²) in [6.07, 6.45) is 0. The lowest BCUT2D eigenvalue weighted by Crippen LogP contribution is -1.99. The molecule has 14 rings (SSSR count). The number of rotatable bonds is 4. The van der Waals surface area contributed by atoms with Gasteiger partial charge in [0.1, 0.15) is 11.2 Å². The number of hydrogen-bond donors (Lipinski definition) is 0. The van der Waals surface area contributed by atoms with E-state index in [1.807, 2.05) is 36.4 Å². The Morgan fingerprint density at radius 3 is 1.73 bits per heavy atom. The largest absolute Gasteiger partial charge is 0.456 e. The van der Waals surface area contributed by atoms with Gasteiger partial charge < -0.3 is 13.6 Å². The molecule has 0 N–H and O–H groups in total. The topological polar surface area (TPSA) is 48.8 Å². The second kappa shape index (κ2) is 13.0. The molecule has 10 aromatic carbocycles. The summed E-state index contributed by atoms with van der Waals surface area (Å²) in [5.74, 6) is 0. The van der Waals surface area contributed by atoms with Gasteiger partial charge in [-0.25, -0.2) is 9.97 Å². The number of hydrogen-bond acceptors (Lipinski definition) is 3. The zero-order chi connectivity index (χ0) is 41.2. The normalized spacial score (nSPS) is 12.1. The molecule has 0 aliphatic carbocycles. The van der Waals surface area contributed by atoms with Gasteiger partial charge in [0.2, 0.25) is 0 Å². The fourth-order valence-corrected chi connectivity index (χ4v) is 10.3. The Bertz CT molecular complexity index is 4210. The molecule has 4 heterocycles. The maximum Gasteiger partial charge on any atom is 0.135 e. The molecule has 4 aromatic heterocycles. The smallest absolute Gasteiger partial charge is 0.135 e. The first-order valence-corrected chi connectivity index (χ1v) is 21.4. The van der Waals surface area contributed by atoms with Crippen LogP contribution in [0.25, 0.3) is 132 Å². The van der Waals surface area contributed by atoms with Crippen molar-refractivity contribution >= 4 is 98.1 Å². The number of benzene rings is 10. The van der Waals surface area contributed by atoms with Crippen LogP contribution >= 0.6 is 0 Å². The Kier molecular flexibility index (Phi) is 7.05. The lowest BCUT2D eigenvalue weighted by molar-refractivity contribution is 0.669. The van der Waals surface area contributed by atoms with E-state index in [2.05, 4.69) is 179 Å². The molecule has 5 heteroatoms. The van der Waals surface area contributed by atoms with Crippen LogP contribution in [0.5, 0.6) is 0 Å². The summed E-state index contributed by atoms with van der Waals surface area (Å²) in [5, 5.41) is 11.9. The predicted octanol–water partition coefficient (Wildman–Crippen LogP) is 15.4. The quantitative estimate of drug-likeness (QED) is 0.178. The Balaban J connectivity index is 1.02. The molecule has 0 spiro atoms. The van der Waals surface area contributed by atoms with Gasteiger partial charge in [0.25, 0.3) is 0 Å². The zero-order valence-corrected chi connectivity index (χ0v) is 33.8. The van der Waals surface area contributed by atoms with E-state index in [1.165, 1.54) is 59.8 Å². The van der Waals surface area contributed by atoms with E-state index < -0.39 is 0 Å². The summed E-state index contributed by atoms with van der Waals surface area (Å²) in [6, 6.07) is 73.8. The fraction of sp³-hybridized carbons (Fsp3) is 0. The first kappa shape index (κ1) is 34.2. The molecule has 63 heavy (non-hydrogen) atoms. The van der Waals surface area contributed by atoms with Crippen LogP contribution in [-0.2, 0) is 0 Å². The molecule has 0 fully saturated rings. The van der Waals surface area contributed by atoms with Crippen molar-refractivity contribution in [1.29, 1.82) is 0 Å². The Morgan fingerprint density at radius 1 is 0.349 bits per heavy atom. The minimum Gasteiger partial charge on any atom is -0.456 e. The Hall–Kier alpha value is -8.54. The Morgan fingerprint density at radius 2 is 0.937 bits per heavy atom. The highest BCUT2D eigenvalue weighted by Crippen LogP contribution is 2.45. The first-order valence-electron chi connectivity index (χ1n) is 21.4. The SMILES string of the molecule is c1ccc2c(-n3c4ccccc4c4ccc5ccccc5c43)c3c4ccccc4n(-c4ccc(-c5nc6ccccc6nc5-c5ccc6oc7ccccc7c6c5)cc4)c3cc2c1. The van der Waals surface area contributed by atoms with E-state index in [1.54, 1.807) is 0 Å². The molecule has 292 valence electrons. The highest BCUT2D eigenvalue weighted by atomic mass is 16.3. The van der Waals surface area contributed by atoms with Crippen molar-refractivity contribution < 1.29 is 4.42 Å². The summed E-state index contributed by atoms with van der Waals surface area (Å²) in [6.45, 7) is 0. The third-order valence-electron chi connectivity index (χ3n) is 13.1. The minimum absolute atomic E-state index is 0.834. The second-order valence-electron chi connectivity index (χ2n) is 16.5. The van der Waals surface area contributed by atoms with Gasteiger partial charge in [-0.2, -0.15) is 0 Å². The predicted molar refractivity (Wildman–Crippen MR) is 261 cm³/mol. The summed E-state index contributed by atoms with van der Waals surface area (Å²) in [7, 11) is 0. The highest BCUT2D eigenvalue weighted by molar-refractivity contribution is 6.24. The highest BCUT2D eigenvalue weighted by Gasteiger charge is 2.24. The Labute approximate surface area is 360 Å². The van der Waals surface area contributed by atoms with E-state index >= 15 is 0 Å². The first-order chi connectivity index (χ1) is 31.2. The van der Waals surface area contributed by atoms with Gasteiger partial charge in [0.15, 0.2) is 0 Å². The average Bonchev–Trinajstić information content (AvgIpc) is 4.00. The summed E-state index contributed by atoms with van der Waals surface area (Å²) < 4.78 is 11.2. The van der Waals surface area contributed by atoms with Crippen LogP contribution in [0.3, 0.4) is 0 Å². The van der Waals surface area contributed by atoms with Gasteiger partial charge in [-0.05, 0) is 77.5 Å². The number of fused-ring (bicyclic) bond motifs is 13. The molecule has 0 radical (unpaired) electrons. The van der Waals surface area contributed by atoms with Crippen LogP contribution in [0.1, 0.15) is 0 Å². The molecule has 0 aliphatic rings. The van der Waals surface area contributed by atoms with Crippen molar-refractivity contribution in [2.45, 2.75) is 0 Å². The van der Waals surface area contributed by atoms with Gasteiger partial charge in [-0.15, -0.1) is 0 Å². The molecule has 0 bridgehead atoms. The molecule has 0 atom stereocenters. The standard InChI is InChI=1S/C58H34N4O/c1-3-15-40-35(13-1)27-31-44-42-17-5-10-22-49(42)62(57(40)44)58-41-16-4-2-14-37(41)34-51-54(58)45-19-6-11-23-50(45)61(51)39-29-25-36(26-30-39)55-56(60-48-21-9-8-20-47(48)59-55)38-28-32-53-46(33-38)43-18-7-12-24-52(43)63-53/h1-34H. The lowest BCUT2D eigenvalue weighted by Gasteiger charge is -2.16. The minimum atomic E-state index is 0.834. The number of aromatic nitrogens is 4. The third-order valence-corrected chi connectivity index (χ3v) is 13.1. The van der Waals surface area contributed by atoms with Gasteiger partial charge in [-0.3, -0.25) is 0 Å². The van der Waals surface area contributed by atoms with E-state index in [4.69, 9.17) is 14.4 Å². The molecule has 5 nitrogen and oxygen atoms in total. The number of nitrogens with zero attached hydrogens (tertiary/aromatic N) is 4. The monoisotopic (exact) mass is 802 g/mol. The molecular formula is C58H34N4O. The lowest BCUT2D eigenvalue weighted by atomic mass is 10.0. The van der Waals surface area contributed by atoms with E-state index in [0.717, 1.165) is 72.2 Å². The molecule has 0 amide bonds. The van der Waals surface area contributed by atoms with Crippen LogP contribution in [-0.4, -0.2) is 19.1 Å². The third kappa shape index (κ3) is 4.93. The summed E-state index contributed by atoms with van der Waals surface area (Å²) in [5.41, 5.74) is 14.1.